The van der Waals surface area contributed by atoms with Crippen molar-refractivity contribution in [3.05, 3.63) is 11.7 Å². The lowest BCUT2D eigenvalue weighted by atomic mass is 9.70. The number of nitrogens with one attached hydrogen (secondary N) is 1. The van der Waals surface area contributed by atoms with Crippen LogP contribution in [0.4, 0.5) is 0 Å². The monoisotopic (exact) mass is 293 g/mol. The molecule has 0 radical (unpaired) electrons. The lowest BCUT2D eigenvalue weighted by molar-refractivity contribution is -0.0957. The summed E-state index contributed by atoms with van der Waals surface area (Å²) in [4.78, 5) is 4.61. The fourth-order valence-corrected chi connectivity index (χ4v) is 3.07. The van der Waals surface area contributed by atoms with E-state index >= 15 is 0 Å². The van der Waals surface area contributed by atoms with Gasteiger partial charge in [-0.3, -0.25) is 0 Å². The minimum atomic E-state index is -0.342. The van der Waals surface area contributed by atoms with E-state index in [0.717, 1.165) is 31.5 Å². The van der Waals surface area contributed by atoms with Gasteiger partial charge >= 0.3 is 0 Å². The molecule has 0 aliphatic heterocycles. The van der Waals surface area contributed by atoms with Crippen LogP contribution in [-0.4, -0.2) is 22.8 Å². The molecule has 0 atom stereocenters. The fraction of sp³-hybridized carbons (Fsp3) is 0.875. The van der Waals surface area contributed by atoms with Crippen LogP contribution in [0.15, 0.2) is 4.52 Å². The molecule has 2 saturated carbocycles. The van der Waals surface area contributed by atoms with E-state index in [9.17, 15) is 0 Å². The summed E-state index contributed by atoms with van der Waals surface area (Å²) in [5, 5.41) is 7.64. The Morgan fingerprint density at radius 3 is 2.57 bits per heavy atom. The van der Waals surface area contributed by atoms with Gasteiger partial charge in [0.2, 0.25) is 11.7 Å². The highest BCUT2D eigenvalue weighted by molar-refractivity contribution is 5.05. The van der Waals surface area contributed by atoms with Crippen LogP contribution < -0.4 is 5.32 Å². The average Bonchev–Trinajstić information content (AvgIpc) is 3.16. The average molecular weight is 293 g/mol. The second kappa shape index (κ2) is 5.69. The number of ether oxygens (including phenoxy) is 1. The van der Waals surface area contributed by atoms with Crippen LogP contribution in [0.3, 0.4) is 0 Å². The highest BCUT2D eigenvalue weighted by atomic mass is 16.5. The molecule has 21 heavy (non-hydrogen) atoms. The molecule has 1 aromatic heterocycles. The number of aromatic nitrogens is 2. The predicted octanol–water partition coefficient (Wildman–Crippen LogP) is 3.15. The third kappa shape index (κ3) is 3.46. The van der Waals surface area contributed by atoms with E-state index in [1.165, 1.54) is 12.8 Å². The zero-order valence-corrected chi connectivity index (χ0v) is 13.4. The Kier molecular flexibility index (Phi) is 4.06. The topological polar surface area (TPSA) is 60.2 Å². The van der Waals surface area contributed by atoms with Gasteiger partial charge in [-0.25, -0.2) is 0 Å². The molecule has 5 heteroatoms. The van der Waals surface area contributed by atoms with Gasteiger partial charge in [0.15, 0.2) is 0 Å². The quantitative estimate of drug-likeness (QED) is 0.873. The summed E-state index contributed by atoms with van der Waals surface area (Å²) in [5.41, 5.74) is 0.0479. The minimum absolute atomic E-state index is 0.342. The molecular formula is C16H27N3O2. The third-order valence-corrected chi connectivity index (χ3v) is 4.83. The van der Waals surface area contributed by atoms with Crippen LogP contribution >= 0.6 is 0 Å². The maximum atomic E-state index is 6.10. The maximum Gasteiger partial charge on any atom is 0.240 e. The first-order valence-electron chi connectivity index (χ1n) is 8.23. The summed E-state index contributed by atoms with van der Waals surface area (Å²) in [7, 11) is 0. The van der Waals surface area contributed by atoms with Crippen LogP contribution in [0.25, 0.3) is 0 Å². The van der Waals surface area contributed by atoms with Crippen LogP contribution in [-0.2, 0) is 16.9 Å². The Balaban J connectivity index is 1.71. The van der Waals surface area contributed by atoms with Gasteiger partial charge < -0.3 is 14.6 Å². The molecule has 1 aromatic rings. The molecular weight excluding hydrogens is 266 g/mol. The summed E-state index contributed by atoms with van der Waals surface area (Å²) in [6.07, 6.45) is 6.75. The van der Waals surface area contributed by atoms with Crippen molar-refractivity contribution in [3.8, 4) is 0 Å². The highest BCUT2D eigenvalue weighted by Crippen LogP contribution is 2.46. The highest BCUT2D eigenvalue weighted by Gasteiger charge is 2.43. The van der Waals surface area contributed by atoms with Gasteiger partial charge in [-0.05, 0) is 50.9 Å². The number of rotatable bonds is 6. The van der Waals surface area contributed by atoms with Crippen molar-refractivity contribution in [2.45, 2.75) is 77.5 Å². The Hall–Kier alpha value is -0.940. The predicted molar refractivity (Wildman–Crippen MR) is 79.7 cm³/mol. The summed E-state index contributed by atoms with van der Waals surface area (Å²) < 4.78 is 11.5. The largest absolute Gasteiger partial charge is 0.367 e. The number of hydrogen-bond acceptors (Lipinski definition) is 5. The first-order chi connectivity index (χ1) is 10.0. The van der Waals surface area contributed by atoms with Crippen LogP contribution in [0.1, 0.15) is 71.0 Å². The van der Waals surface area contributed by atoms with Crippen molar-refractivity contribution in [2.24, 2.45) is 5.41 Å². The molecule has 0 unspecified atom stereocenters. The summed E-state index contributed by atoms with van der Waals surface area (Å²) >= 11 is 0. The van der Waals surface area contributed by atoms with E-state index in [2.05, 4.69) is 29.3 Å². The maximum absolute atomic E-state index is 6.10. The second-order valence-electron chi connectivity index (χ2n) is 7.26. The smallest absolute Gasteiger partial charge is 0.240 e. The van der Waals surface area contributed by atoms with E-state index in [-0.39, 0.29) is 5.60 Å². The van der Waals surface area contributed by atoms with E-state index in [4.69, 9.17) is 9.26 Å². The number of nitrogens with zero attached hydrogens (tertiary/aromatic N) is 2. The Labute approximate surface area is 126 Å². The van der Waals surface area contributed by atoms with Crippen molar-refractivity contribution in [1.29, 1.82) is 0 Å². The zero-order valence-electron chi connectivity index (χ0n) is 13.4. The summed E-state index contributed by atoms with van der Waals surface area (Å²) in [6.45, 7) is 8.04. The van der Waals surface area contributed by atoms with E-state index < -0.39 is 0 Å². The van der Waals surface area contributed by atoms with Gasteiger partial charge in [0.25, 0.3) is 0 Å². The SMILES string of the molecule is CCOC1(c2noc(CNC3CC3)n2)CCC(C)(C)CC1. The Morgan fingerprint density at radius 1 is 1.24 bits per heavy atom. The molecule has 5 nitrogen and oxygen atoms in total. The third-order valence-electron chi connectivity index (χ3n) is 4.83. The lowest BCUT2D eigenvalue weighted by Gasteiger charge is -2.41. The van der Waals surface area contributed by atoms with E-state index in [1.54, 1.807) is 0 Å². The lowest BCUT2D eigenvalue weighted by Crippen LogP contribution is -2.38. The van der Waals surface area contributed by atoms with E-state index in [1.807, 2.05) is 6.92 Å². The molecule has 0 amide bonds. The van der Waals surface area contributed by atoms with Gasteiger partial charge in [-0.1, -0.05) is 19.0 Å². The summed E-state index contributed by atoms with van der Waals surface area (Å²) in [6, 6.07) is 0.650. The van der Waals surface area contributed by atoms with Crippen molar-refractivity contribution in [2.75, 3.05) is 6.61 Å². The van der Waals surface area contributed by atoms with Gasteiger partial charge in [0.1, 0.15) is 5.60 Å². The molecule has 2 aliphatic rings. The van der Waals surface area contributed by atoms with Gasteiger partial charge in [-0.2, -0.15) is 4.98 Å². The summed E-state index contributed by atoms with van der Waals surface area (Å²) in [5.74, 6) is 1.42. The van der Waals surface area contributed by atoms with Crippen LogP contribution in [0.5, 0.6) is 0 Å². The molecule has 0 bridgehead atoms. The standard InChI is InChI=1S/C16H27N3O2/c1-4-20-16(9-7-15(2,3)8-10-16)14-18-13(21-19-14)11-17-12-5-6-12/h12,17H,4-11H2,1-3H3. The molecule has 1 N–H and O–H groups in total. The van der Waals surface area contributed by atoms with Crippen molar-refractivity contribution < 1.29 is 9.26 Å². The van der Waals surface area contributed by atoms with Crippen molar-refractivity contribution in [1.82, 2.24) is 15.5 Å². The molecule has 2 aliphatic carbocycles. The van der Waals surface area contributed by atoms with Crippen LogP contribution in [0.2, 0.25) is 0 Å². The molecule has 118 valence electrons. The number of hydrogen-bond donors (Lipinski definition) is 1. The Morgan fingerprint density at radius 2 is 1.95 bits per heavy atom. The molecule has 2 fully saturated rings. The van der Waals surface area contributed by atoms with Gasteiger partial charge in [0, 0.05) is 12.6 Å². The van der Waals surface area contributed by atoms with Gasteiger partial charge in [-0.15, -0.1) is 0 Å². The molecule has 0 spiro atoms. The van der Waals surface area contributed by atoms with Crippen molar-refractivity contribution in [3.63, 3.8) is 0 Å². The van der Waals surface area contributed by atoms with E-state index in [0.29, 0.717) is 30.5 Å². The molecule has 0 saturated heterocycles. The zero-order chi connectivity index (χ0) is 14.9. The fourth-order valence-electron chi connectivity index (χ4n) is 3.07. The second-order valence-corrected chi connectivity index (χ2v) is 7.26. The molecule has 3 rings (SSSR count). The normalized spacial score (nSPS) is 24.1. The van der Waals surface area contributed by atoms with Crippen LogP contribution in [0, 0.1) is 5.41 Å². The Bertz CT molecular complexity index is 470. The molecule has 1 heterocycles. The van der Waals surface area contributed by atoms with Gasteiger partial charge in [0.05, 0.1) is 6.54 Å². The minimum Gasteiger partial charge on any atom is -0.367 e. The first-order valence-corrected chi connectivity index (χ1v) is 8.23. The first kappa shape index (κ1) is 15.0. The van der Waals surface area contributed by atoms with Crippen molar-refractivity contribution >= 4 is 0 Å². The molecule has 0 aromatic carbocycles.